The number of nitrogens with zero attached hydrogens (tertiary/aromatic N) is 1. The van der Waals surface area contributed by atoms with Crippen LogP contribution in [0.2, 0.25) is 0 Å². The van der Waals surface area contributed by atoms with Gasteiger partial charge < -0.3 is 10.6 Å². The van der Waals surface area contributed by atoms with Crippen molar-refractivity contribution in [1.29, 1.82) is 0 Å². The third-order valence-electron chi connectivity index (χ3n) is 3.59. The van der Waals surface area contributed by atoms with Crippen molar-refractivity contribution in [3.63, 3.8) is 0 Å². The number of likely N-dealkylation sites (tertiary alicyclic amines) is 1. The first kappa shape index (κ1) is 15.2. The lowest BCUT2D eigenvalue weighted by molar-refractivity contribution is -0.137. The van der Waals surface area contributed by atoms with Gasteiger partial charge in [-0.15, -0.1) is 0 Å². The average Bonchev–Trinajstić information content (AvgIpc) is 2.72. The van der Waals surface area contributed by atoms with Crippen LogP contribution in [-0.4, -0.2) is 49.3 Å². The monoisotopic (exact) mass is 289 g/mol. The van der Waals surface area contributed by atoms with Crippen molar-refractivity contribution in [2.24, 2.45) is 0 Å². The van der Waals surface area contributed by atoms with Crippen molar-refractivity contribution in [3.05, 3.63) is 35.4 Å². The molecule has 0 aromatic heterocycles. The van der Waals surface area contributed by atoms with Gasteiger partial charge in [-0.25, -0.2) is 0 Å². The maximum absolute atomic E-state index is 12.3. The molecule has 1 unspecified atom stereocenters. The topological polar surface area (TPSA) is 78.5 Å². The number of carbonyl (C=O) groups is 3. The average molecular weight is 289 g/mol. The summed E-state index contributed by atoms with van der Waals surface area (Å²) in [5.74, 6) is -0.946. The highest BCUT2D eigenvalue weighted by Crippen LogP contribution is 2.14. The van der Waals surface area contributed by atoms with Crippen molar-refractivity contribution in [2.75, 3.05) is 20.6 Å². The molecule has 0 radical (unpaired) electrons. The molecule has 1 fully saturated rings. The number of imide groups is 1. The van der Waals surface area contributed by atoms with Gasteiger partial charge in [0.05, 0.1) is 6.42 Å². The SMILES string of the molecule is CNCCc1ccccc1C(=O)NC1CC(=O)N(C)C1=O. The van der Waals surface area contributed by atoms with Gasteiger partial charge in [-0.05, 0) is 31.6 Å². The second-order valence-corrected chi connectivity index (χ2v) is 5.03. The van der Waals surface area contributed by atoms with Crippen molar-refractivity contribution in [2.45, 2.75) is 18.9 Å². The molecule has 6 heteroatoms. The lowest BCUT2D eigenvalue weighted by atomic mass is 10.0. The van der Waals surface area contributed by atoms with Crippen LogP contribution in [0.4, 0.5) is 0 Å². The Hall–Kier alpha value is -2.21. The summed E-state index contributed by atoms with van der Waals surface area (Å²) in [6.07, 6.45) is 0.747. The zero-order chi connectivity index (χ0) is 15.4. The molecule has 1 heterocycles. The summed E-state index contributed by atoms with van der Waals surface area (Å²) in [4.78, 5) is 36.7. The summed E-state index contributed by atoms with van der Waals surface area (Å²) < 4.78 is 0. The Kier molecular flexibility index (Phi) is 4.70. The highest BCUT2D eigenvalue weighted by atomic mass is 16.2. The van der Waals surface area contributed by atoms with Gasteiger partial charge in [0, 0.05) is 12.6 Å². The molecule has 0 bridgehead atoms. The number of benzene rings is 1. The second kappa shape index (κ2) is 6.49. The largest absolute Gasteiger partial charge is 0.340 e. The van der Waals surface area contributed by atoms with Gasteiger partial charge in [0.25, 0.3) is 11.8 Å². The van der Waals surface area contributed by atoms with E-state index in [4.69, 9.17) is 0 Å². The Labute approximate surface area is 123 Å². The molecule has 2 rings (SSSR count). The van der Waals surface area contributed by atoms with Crippen molar-refractivity contribution < 1.29 is 14.4 Å². The summed E-state index contributed by atoms with van der Waals surface area (Å²) in [6, 6.07) is 6.52. The third kappa shape index (κ3) is 3.28. The van der Waals surface area contributed by atoms with E-state index in [0.717, 1.165) is 23.4 Å². The first-order valence-corrected chi connectivity index (χ1v) is 6.88. The maximum Gasteiger partial charge on any atom is 0.252 e. The number of carbonyl (C=O) groups excluding carboxylic acids is 3. The molecule has 2 N–H and O–H groups in total. The summed E-state index contributed by atoms with van der Waals surface area (Å²) in [7, 11) is 3.28. The quantitative estimate of drug-likeness (QED) is 0.744. The van der Waals surface area contributed by atoms with E-state index in [9.17, 15) is 14.4 Å². The zero-order valence-electron chi connectivity index (χ0n) is 12.2. The van der Waals surface area contributed by atoms with Crippen molar-refractivity contribution >= 4 is 17.7 Å². The highest BCUT2D eigenvalue weighted by molar-refractivity contribution is 6.08. The van der Waals surface area contributed by atoms with E-state index in [1.807, 2.05) is 19.2 Å². The Morgan fingerprint density at radius 1 is 1.33 bits per heavy atom. The van der Waals surface area contributed by atoms with Gasteiger partial charge in [0.2, 0.25) is 5.91 Å². The minimum Gasteiger partial charge on any atom is -0.340 e. The molecule has 1 saturated heterocycles. The molecule has 112 valence electrons. The molecule has 6 nitrogen and oxygen atoms in total. The van der Waals surface area contributed by atoms with Crippen LogP contribution in [0.3, 0.4) is 0 Å². The van der Waals surface area contributed by atoms with Gasteiger partial charge in [-0.2, -0.15) is 0 Å². The van der Waals surface area contributed by atoms with Crippen LogP contribution in [0.1, 0.15) is 22.3 Å². The molecule has 1 aliphatic rings. The number of amides is 3. The van der Waals surface area contributed by atoms with Crippen molar-refractivity contribution in [1.82, 2.24) is 15.5 Å². The fourth-order valence-electron chi connectivity index (χ4n) is 2.32. The molecule has 0 spiro atoms. The summed E-state index contributed by atoms with van der Waals surface area (Å²) in [6.45, 7) is 0.758. The van der Waals surface area contributed by atoms with Crippen molar-refractivity contribution in [3.8, 4) is 0 Å². The Bertz CT molecular complexity index is 571. The minimum absolute atomic E-state index is 0.0275. The van der Waals surface area contributed by atoms with Crippen LogP contribution in [-0.2, 0) is 16.0 Å². The van der Waals surface area contributed by atoms with Crippen LogP contribution in [0.5, 0.6) is 0 Å². The number of likely N-dealkylation sites (N-methyl/N-ethyl adjacent to an activating group) is 2. The normalized spacial score (nSPS) is 18.2. The van der Waals surface area contributed by atoms with E-state index >= 15 is 0 Å². The van der Waals surface area contributed by atoms with E-state index in [2.05, 4.69) is 10.6 Å². The smallest absolute Gasteiger partial charge is 0.252 e. The predicted octanol–water partition coefficient (Wildman–Crippen LogP) is -0.0644. The molecule has 1 aliphatic heterocycles. The molecule has 1 aromatic carbocycles. The second-order valence-electron chi connectivity index (χ2n) is 5.03. The number of nitrogens with one attached hydrogen (secondary N) is 2. The summed E-state index contributed by atoms with van der Waals surface area (Å²) in [5, 5.41) is 5.69. The molecule has 0 aliphatic carbocycles. The van der Waals surface area contributed by atoms with Crippen LogP contribution < -0.4 is 10.6 Å². The van der Waals surface area contributed by atoms with Gasteiger partial charge in [-0.1, -0.05) is 18.2 Å². The summed E-state index contributed by atoms with van der Waals surface area (Å²) in [5.41, 5.74) is 1.46. The molecular weight excluding hydrogens is 270 g/mol. The minimum atomic E-state index is -0.757. The summed E-state index contributed by atoms with van der Waals surface area (Å²) >= 11 is 0. The highest BCUT2D eigenvalue weighted by Gasteiger charge is 2.37. The first-order chi connectivity index (χ1) is 10.0. The van der Waals surface area contributed by atoms with Crippen LogP contribution >= 0.6 is 0 Å². The lowest BCUT2D eigenvalue weighted by Gasteiger charge is -2.13. The van der Waals surface area contributed by atoms with Gasteiger partial charge >= 0.3 is 0 Å². The third-order valence-corrected chi connectivity index (χ3v) is 3.59. The fourth-order valence-corrected chi connectivity index (χ4v) is 2.32. The van der Waals surface area contributed by atoms with Crippen LogP contribution in [0.25, 0.3) is 0 Å². The zero-order valence-corrected chi connectivity index (χ0v) is 12.2. The number of hydrogen-bond acceptors (Lipinski definition) is 4. The Morgan fingerprint density at radius 3 is 2.67 bits per heavy atom. The van der Waals surface area contributed by atoms with Gasteiger partial charge in [-0.3, -0.25) is 19.3 Å². The number of hydrogen-bond donors (Lipinski definition) is 2. The standard InChI is InChI=1S/C15H19N3O3/c1-16-8-7-10-5-3-4-6-11(10)14(20)17-12-9-13(19)18(2)15(12)21/h3-6,12,16H,7-9H2,1-2H3,(H,17,20). The van der Waals surface area contributed by atoms with E-state index in [0.29, 0.717) is 5.56 Å². The molecular formula is C15H19N3O3. The van der Waals surface area contributed by atoms with E-state index in [1.165, 1.54) is 7.05 Å². The molecule has 1 atom stereocenters. The van der Waals surface area contributed by atoms with E-state index in [-0.39, 0.29) is 24.1 Å². The Morgan fingerprint density at radius 2 is 2.05 bits per heavy atom. The molecule has 1 aromatic rings. The maximum atomic E-state index is 12.3. The first-order valence-electron chi connectivity index (χ1n) is 6.88. The van der Waals surface area contributed by atoms with E-state index in [1.54, 1.807) is 12.1 Å². The molecule has 0 saturated carbocycles. The lowest BCUT2D eigenvalue weighted by Crippen LogP contribution is -2.41. The number of rotatable bonds is 5. The van der Waals surface area contributed by atoms with Crippen LogP contribution in [0, 0.1) is 0 Å². The van der Waals surface area contributed by atoms with Gasteiger partial charge in [0.15, 0.2) is 0 Å². The fraction of sp³-hybridized carbons (Fsp3) is 0.400. The van der Waals surface area contributed by atoms with Gasteiger partial charge in [0.1, 0.15) is 6.04 Å². The predicted molar refractivity (Wildman–Crippen MR) is 77.7 cm³/mol. The Balaban J connectivity index is 2.10. The van der Waals surface area contributed by atoms with Crippen LogP contribution in [0.15, 0.2) is 24.3 Å². The molecule has 21 heavy (non-hydrogen) atoms. The molecule has 3 amide bonds. The van der Waals surface area contributed by atoms with E-state index < -0.39 is 6.04 Å².